The van der Waals surface area contributed by atoms with Crippen LogP contribution in [0.3, 0.4) is 0 Å². The number of amides is 1. The molecule has 114 valence electrons. The quantitative estimate of drug-likeness (QED) is 0.462. The molecule has 0 saturated heterocycles. The lowest BCUT2D eigenvalue weighted by Gasteiger charge is -2.09. The van der Waals surface area contributed by atoms with Crippen molar-refractivity contribution in [2.75, 3.05) is 13.2 Å². The van der Waals surface area contributed by atoms with Crippen molar-refractivity contribution in [2.24, 2.45) is 0 Å². The molecule has 21 heavy (non-hydrogen) atoms. The lowest BCUT2D eigenvalue weighted by molar-refractivity contribution is -0.115. The number of carbonyl (C=O) groups is 1. The highest BCUT2D eigenvalue weighted by Crippen LogP contribution is 2.00. The van der Waals surface area contributed by atoms with Crippen LogP contribution in [-0.4, -0.2) is 30.3 Å². The van der Waals surface area contributed by atoms with Crippen LogP contribution < -0.4 is 10.6 Å². The first-order valence-electron chi connectivity index (χ1n) is 7.01. The van der Waals surface area contributed by atoms with Gasteiger partial charge in [0.15, 0.2) is 5.11 Å². The fourth-order valence-electron chi connectivity index (χ4n) is 1.53. The molecule has 0 aliphatic heterocycles. The van der Waals surface area contributed by atoms with Gasteiger partial charge in [0.1, 0.15) is 0 Å². The van der Waals surface area contributed by atoms with E-state index in [1.165, 1.54) is 6.08 Å². The summed E-state index contributed by atoms with van der Waals surface area (Å²) in [5, 5.41) is 5.91. The molecule has 0 aromatic heterocycles. The van der Waals surface area contributed by atoms with Crippen LogP contribution in [0.4, 0.5) is 0 Å². The molecule has 1 amide bonds. The van der Waals surface area contributed by atoms with E-state index in [0.717, 1.165) is 12.0 Å². The number of hydrogen-bond acceptors (Lipinski definition) is 3. The van der Waals surface area contributed by atoms with Crippen molar-refractivity contribution in [1.82, 2.24) is 10.6 Å². The smallest absolute Gasteiger partial charge is 0.250 e. The zero-order valence-electron chi connectivity index (χ0n) is 12.5. The Bertz CT molecular complexity index is 472. The van der Waals surface area contributed by atoms with Gasteiger partial charge in [-0.05, 0) is 44.1 Å². The third kappa shape index (κ3) is 8.94. The molecule has 1 aromatic rings. The summed E-state index contributed by atoms with van der Waals surface area (Å²) in [6.07, 6.45) is 4.29. The predicted octanol–water partition coefficient (Wildman–Crippen LogP) is 2.51. The maximum absolute atomic E-state index is 11.7. The number of ether oxygens (including phenoxy) is 1. The van der Waals surface area contributed by atoms with Crippen LogP contribution >= 0.6 is 12.2 Å². The van der Waals surface area contributed by atoms with Gasteiger partial charge in [0, 0.05) is 19.2 Å². The van der Waals surface area contributed by atoms with E-state index in [9.17, 15) is 4.79 Å². The number of thiocarbonyl (C=S) groups is 1. The Balaban J connectivity index is 2.19. The van der Waals surface area contributed by atoms with Gasteiger partial charge in [-0.25, -0.2) is 0 Å². The summed E-state index contributed by atoms with van der Waals surface area (Å²) in [5.41, 5.74) is 0.970. The Labute approximate surface area is 131 Å². The van der Waals surface area contributed by atoms with Gasteiger partial charge in [-0.15, -0.1) is 0 Å². The molecule has 2 N–H and O–H groups in total. The van der Waals surface area contributed by atoms with Crippen molar-refractivity contribution in [3.8, 4) is 0 Å². The zero-order valence-corrected chi connectivity index (χ0v) is 13.3. The second-order valence-corrected chi connectivity index (χ2v) is 5.17. The number of nitrogens with one attached hydrogen (secondary N) is 2. The molecule has 4 nitrogen and oxygen atoms in total. The number of rotatable bonds is 7. The first-order valence-corrected chi connectivity index (χ1v) is 7.42. The van der Waals surface area contributed by atoms with Crippen molar-refractivity contribution in [3.05, 3.63) is 42.0 Å². The van der Waals surface area contributed by atoms with E-state index in [-0.39, 0.29) is 12.0 Å². The predicted molar refractivity (Wildman–Crippen MR) is 89.9 cm³/mol. The molecule has 0 aliphatic carbocycles. The normalized spacial score (nSPS) is 10.8. The topological polar surface area (TPSA) is 50.4 Å². The summed E-state index contributed by atoms with van der Waals surface area (Å²) in [5.74, 6) is -0.241. The number of carbonyl (C=O) groups excluding carboxylic acids is 1. The Morgan fingerprint density at radius 3 is 2.71 bits per heavy atom. The summed E-state index contributed by atoms with van der Waals surface area (Å²) in [6, 6.07) is 9.62. The molecule has 1 rings (SSSR count). The van der Waals surface area contributed by atoms with Gasteiger partial charge in [-0.2, -0.15) is 0 Å². The molecule has 5 heteroatoms. The summed E-state index contributed by atoms with van der Waals surface area (Å²) >= 11 is 5.04. The summed E-state index contributed by atoms with van der Waals surface area (Å²) in [6.45, 7) is 5.35. The minimum atomic E-state index is -0.241. The van der Waals surface area contributed by atoms with Crippen LogP contribution in [0.2, 0.25) is 0 Å². The van der Waals surface area contributed by atoms with E-state index in [0.29, 0.717) is 18.3 Å². The molecule has 1 aromatic carbocycles. The van der Waals surface area contributed by atoms with E-state index in [4.69, 9.17) is 17.0 Å². The molecule has 0 heterocycles. The van der Waals surface area contributed by atoms with Crippen LogP contribution in [0.1, 0.15) is 25.8 Å². The molecule has 0 aliphatic rings. The van der Waals surface area contributed by atoms with Gasteiger partial charge in [-0.1, -0.05) is 30.3 Å². The van der Waals surface area contributed by atoms with E-state index in [2.05, 4.69) is 10.6 Å². The molecule has 0 fully saturated rings. The lowest BCUT2D eigenvalue weighted by atomic mass is 10.2. The molecule has 0 atom stereocenters. The first kappa shape index (κ1) is 17.3. The Morgan fingerprint density at radius 2 is 2.05 bits per heavy atom. The number of benzene rings is 1. The fraction of sp³-hybridized carbons (Fsp3) is 0.375. The van der Waals surface area contributed by atoms with Crippen LogP contribution in [-0.2, 0) is 9.53 Å². The molecule has 0 bridgehead atoms. The van der Waals surface area contributed by atoms with Gasteiger partial charge >= 0.3 is 0 Å². The second-order valence-electron chi connectivity index (χ2n) is 4.76. The third-order valence-electron chi connectivity index (χ3n) is 2.52. The number of hydrogen-bond donors (Lipinski definition) is 2. The highest BCUT2D eigenvalue weighted by molar-refractivity contribution is 7.80. The molecular formula is C16H22N2O2S. The Kier molecular flexibility index (Phi) is 8.31. The maximum atomic E-state index is 11.7. The largest absolute Gasteiger partial charge is 0.379 e. The molecule has 0 radical (unpaired) electrons. The van der Waals surface area contributed by atoms with Crippen LogP contribution in [0.15, 0.2) is 36.4 Å². The van der Waals surface area contributed by atoms with Crippen molar-refractivity contribution in [2.45, 2.75) is 26.4 Å². The van der Waals surface area contributed by atoms with Crippen molar-refractivity contribution in [1.29, 1.82) is 0 Å². The standard InChI is InChI=1S/C16H22N2O2S/c1-13(2)20-12-6-11-17-16(21)18-15(19)10-9-14-7-4-3-5-8-14/h3-5,7-10,13H,6,11-12H2,1-2H3,(H2,17,18,19,21)/b10-9+. The second kappa shape index (κ2) is 10.1. The van der Waals surface area contributed by atoms with Crippen molar-refractivity contribution < 1.29 is 9.53 Å². The maximum Gasteiger partial charge on any atom is 0.250 e. The van der Waals surface area contributed by atoms with Gasteiger partial charge in [-0.3, -0.25) is 10.1 Å². The highest BCUT2D eigenvalue weighted by atomic mass is 32.1. The van der Waals surface area contributed by atoms with E-state index < -0.39 is 0 Å². The minimum Gasteiger partial charge on any atom is -0.379 e. The fourth-order valence-corrected chi connectivity index (χ4v) is 1.73. The van der Waals surface area contributed by atoms with Crippen LogP contribution in [0.5, 0.6) is 0 Å². The average Bonchev–Trinajstić information content (AvgIpc) is 2.45. The van der Waals surface area contributed by atoms with E-state index >= 15 is 0 Å². The molecular weight excluding hydrogens is 284 g/mol. The van der Waals surface area contributed by atoms with Gasteiger partial charge in [0.2, 0.25) is 5.91 Å². The van der Waals surface area contributed by atoms with Gasteiger partial charge < -0.3 is 10.1 Å². The molecule has 0 unspecified atom stereocenters. The lowest BCUT2D eigenvalue weighted by Crippen LogP contribution is -2.39. The zero-order chi connectivity index (χ0) is 15.5. The van der Waals surface area contributed by atoms with E-state index in [1.54, 1.807) is 6.08 Å². The van der Waals surface area contributed by atoms with Crippen LogP contribution in [0, 0.1) is 0 Å². The first-order chi connectivity index (χ1) is 10.1. The van der Waals surface area contributed by atoms with Gasteiger partial charge in [0.05, 0.1) is 6.10 Å². The van der Waals surface area contributed by atoms with Crippen molar-refractivity contribution in [3.63, 3.8) is 0 Å². The average molecular weight is 306 g/mol. The minimum absolute atomic E-state index is 0.236. The summed E-state index contributed by atoms with van der Waals surface area (Å²) < 4.78 is 5.41. The summed E-state index contributed by atoms with van der Waals surface area (Å²) in [7, 11) is 0. The monoisotopic (exact) mass is 306 g/mol. The third-order valence-corrected chi connectivity index (χ3v) is 2.77. The highest BCUT2D eigenvalue weighted by Gasteiger charge is 2.00. The summed E-state index contributed by atoms with van der Waals surface area (Å²) in [4.78, 5) is 11.7. The Morgan fingerprint density at radius 1 is 1.33 bits per heavy atom. The molecule has 0 saturated carbocycles. The van der Waals surface area contributed by atoms with Crippen LogP contribution in [0.25, 0.3) is 6.08 Å². The molecule has 0 spiro atoms. The van der Waals surface area contributed by atoms with Crippen molar-refractivity contribution >= 4 is 29.3 Å². The Hall–Kier alpha value is -1.72. The van der Waals surface area contributed by atoms with E-state index in [1.807, 2.05) is 44.2 Å². The SMILES string of the molecule is CC(C)OCCCNC(=S)NC(=O)/C=C/c1ccccc1. The van der Waals surface area contributed by atoms with Gasteiger partial charge in [0.25, 0.3) is 0 Å².